The molecule has 2 aliphatic carbocycles. The molecular formula is C32H45N14O5Y-. The summed E-state index contributed by atoms with van der Waals surface area (Å²) in [7, 11) is 3.53. The van der Waals surface area contributed by atoms with E-state index in [4.69, 9.17) is 19.9 Å². The van der Waals surface area contributed by atoms with Gasteiger partial charge in [-0.15, -0.1) is 0 Å². The van der Waals surface area contributed by atoms with E-state index in [0.717, 1.165) is 12.8 Å². The number of carbonyl (C=O) groups excluding carboxylic acids is 1. The van der Waals surface area contributed by atoms with Crippen molar-refractivity contribution in [3.8, 4) is 0 Å². The number of aromatic nitrogens is 8. The number of amides is 1. The summed E-state index contributed by atoms with van der Waals surface area (Å²) in [6.45, 7) is 3.95. The van der Waals surface area contributed by atoms with Gasteiger partial charge in [0.15, 0.2) is 17.0 Å². The van der Waals surface area contributed by atoms with Gasteiger partial charge in [0.25, 0.3) is 0 Å². The van der Waals surface area contributed by atoms with Crippen LogP contribution in [0.5, 0.6) is 0 Å². The molecule has 2 saturated heterocycles. The van der Waals surface area contributed by atoms with Crippen molar-refractivity contribution in [2.45, 2.75) is 93.3 Å². The van der Waals surface area contributed by atoms with Gasteiger partial charge in [-0.25, -0.2) is 4.98 Å². The Kier molecular flexibility index (Phi) is 10.7. The first-order valence-corrected chi connectivity index (χ1v) is 17.6. The second-order valence-electron chi connectivity index (χ2n) is 14.2. The summed E-state index contributed by atoms with van der Waals surface area (Å²) in [5.41, 5.74) is 2.12. The monoisotopic (exact) mass is 794 g/mol. The number of nitrogens with zero attached hydrogens (tertiary/aromatic N) is 10. The molecule has 8 N–H and O–H groups in total. The van der Waals surface area contributed by atoms with Gasteiger partial charge in [-0.05, 0) is 46.0 Å². The third-order valence-electron chi connectivity index (χ3n) is 11.1. The van der Waals surface area contributed by atoms with Crippen LogP contribution in [0.3, 0.4) is 0 Å². The number of carbonyl (C=O) groups is 1. The van der Waals surface area contributed by atoms with Crippen LogP contribution in [0.2, 0.25) is 0 Å². The fourth-order valence-corrected chi connectivity index (χ4v) is 8.28. The Morgan fingerprint density at radius 2 is 1.37 bits per heavy atom. The molecule has 19 nitrogen and oxygen atoms in total. The van der Waals surface area contributed by atoms with Crippen LogP contribution in [0.1, 0.15) is 44.7 Å². The van der Waals surface area contributed by atoms with Crippen LogP contribution in [-0.2, 0) is 37.5 Å². The molecule has 277 valence electrons. The minimum Gasteiger partial charge on any atom is -0.392 e. The van der Waals surface area contributed by atoms with Crippen molar-refractivity contribution in [3.05, 3.63) is 18.9 Å². The van der Waals surface area contributed by atoms with E-state index in [1.807, 2.05) is 9.47 Å². The van der Waals surface area contributed by atoms with Crippen LogP contribution >= 0.6 is 0 Å². The van der Waals surface area contributed by atoms with Gasteiger partial charge in [-0.2, -0.15) is 9.97 Å². The van der Waals surface area contributed by atoms with E-state index in [-0.39, 0.29) is 62.8 Å². The van der Waals surface area contributed by atoms with Gasteiger partial charge in [0.2, 0.25) is 11.9 Å². The Balaban J connectivity index is 0.00000420. The molecule has 8 rings (SSSR count). The minimum absolute atomic E-state index is 0. The third kappa shape index (κ3) is 6.63. The molecule has 20 heteroatoms. The summed E-state index contributed by atoms with van der Waals surface area (Å²) in [4.78, 5) is 44.2. The SMILES string of the molecule is CN[C@H]1C[C@@H](n2cnc3[c-]nc(N4CC[C@@H](Nc5nc(N6CC[C@@H](NC(C)=O)C6)nc6c5ncn6[C@@H]5C[C@H](NC)[C@@H](O)[C@H]5O)C4)nc32)[C@H](O)[C@@H]1O.[Y]. The first-order valence-electron chi connectivity index (χ1n) is 17.6. The second kappa shape index (κ2) is 14.9. The van der Waals surface area contributed by atoms with Gasteiger partial charge >= 0.3 is 0 Å². The van der Waals surface area contributed by atoms with Crippen molar-refractivity contribution in [2.24, 2.45) is 0 Å². The van der Waals surface area contributed by atoms with Gasteiger partial charge in [0, 0.05) is 101 Å². The Bertz CT molecular complexity index is 1910. The molecule has 2 aliphatic heterocycles. The van der Waals surface area contributed by atoms with Crippen LogP contribution in [0.4, 0.5) is 17.7 Å². The van der Waals surface area contributed by atoms with E-state index < -0.39 is 36.5 Å². The van der Waals surface area contributed by atoms with E-state index in [1.54, 1.807) is 31.3 Å². The average Bonchev–Trinajstić information content (AvgIpc) is 3.98. The summed E-state index contributed by atoms with van der Waals surface area (Å²) >= 11 is 0. The van der Waals surface area contributed by atoms with Crippen molar-refractivity contribution in [1.82, 2.24) is 55.0 Å². The summed E-state index contributed by atoms with van der Waals surface area (Å²) < 4.78 is 3.64. The van der Waals surface area contributed by atoms with E-state index in [9.17, 15) is 25.2 Å². The van der Waals surface area contributed by atoms with Gasteiger partial charge in [0.05, 0.1) is 36.9 Å². The predicted octanol–water partition coefficient (Wildman–Crippen LogP) is -2.32. The zero-order valence-corrected chi connectivity index (χ0v) is 32.2. The molecule has 6 heterocycles. The first kappa shape index (κ1) is 37.2. The predicted molar refractivity (Wildman–Crippen MR) is 185 cm³/mol. The Labute approximate surface area is 324 Å². The van der Waals surface area contributed by atoms with E-state index in [0.29, 0.717) is 79.1 Å². The van der Waals surface area contributed by atoms with E-state index in [2.05, 4.69) is 42.3 Å². The maximum atomic E-state index is 11.8. The van der Waals surface area contributed by atoms with Crippen LogP contribution in [0, 0.1) is 6.20 Å². The van der Waals surface area contributed by atoms with Gasteiger partial charge in [-0.1, -0.05) is 0 Å². The molecule has 0 bridgehead atoms. The van der Waals surface area contributed by atoms with Crippen molar-refractivity contribution < 1.29 is 57.9 Å². The van der Waals surface area contributed by atoms with E-state index >= 15 is 0 Å². The fourth-order valence-electron chi connectivity index (χ4n) is 8.28. The molecule has 1 radical (unpaired) electrons. The molecule has 10 atom stereocenters. The Morgan fingerprint density at radius 3 is 2.00 bits per heavy atom. The summed E-state index contributed by atoms with van der Waals surface area (Å²) in [5.74, 6) is 1.44. The Morgan fingerprint density at radius 1 is 0.788 bits per heavy atom. The summed E-state index contributed by atoms with van der Waals surface area (Å²) in [5, 5.41) is 55.7. The van der Waals surface area contributed by atoms with Crippen molar-refractivity contribution in [2.75, 3.05) is 55.4 Å². The number of hydrogen-bond donors (Lipinski definition) is 8. The maximum Gasteiger partial charge on any atom is 0.229 e. The van der Waals surface area contributed by atoms with Crippen LogP contribution in [-0.4, -0.2) is 154 Å². The normalized spacial score (nSPS) is 31.9. The number of aliphatic hydroxyl groups is 4. The van der Waals surface area contributed by atoms with Crippen molar-refractivity contribution in [1.29, 1.82) is 0 Å². The zero-order chi connectivity index (χ0) is 35.6. The van der Waals surface area contributed by atoms with Gasteiger partial charge < -0.3 is 70.6 Å². The smallest absolute Gasteiger partial charge is 0.229 e. The maximum absolute atomic E-state index is 11.8. The molecule has 4 aliphatic rings. The number of aliphatic hydroxyl groups excluding tert-OH is 4. The van der Waals surface area contributed by atoms with E-state index in [1.165, 1.54) is 6.92 Å². The number of anilines is 3. The number of nitrogens with one attached hydrogen (secondary N) is 4. The van der Waals surface area contributed by atoms with Gasteiger partial charge in [-0.3, -0.25) is 9.78 Å². The molecule has 0 spiro atoms. The van der Waals surface area contributed by atoms with Crippen LogP contribution < -0.4 is 31.1 Å². The minimum atomic E-state index is -1.01. The molecule has 4 aromatic rings. The number of rotatable bonds is 9. The van der Waals surface area contributed by atoms with Gasteiger partial charge in [0.1, 0.15) is 18.2 Å². The standard InChI is InChI=1S/C32H45N14O5.Y/c1-15(47)38-16-4-7-44(11-16)32-40-28(23-30(42-32)46(14-37-23)22-9-19(34-3)25(49)27(22)51)39-17-5-6-43(12-17)31-35-10-20-29(41-31)45(13-36-20)21-8-18(33-2)24(48)26(21)50;/h13-14,16-19,21-22,24-27,33-34,48-51H,4-9,11-12H2,1-3H3,(H,38,47)(H,39,40,42);/q-1;/t16-,17-,18+,19+,21-,22-,24-,25-,26+,27+;/m1./s1. The van der Waals surface area contributed by atoms with Crippen LogP contribution in [0.15, 0.2) is 12.7 Å². The average molecular weight is 795 g/mol. The summed E-state index contributed by atoms with van der Waals surface area (Å²) in [6, 6.07) is -1.44. The summed E-state index contributed by atoms with van der Waals surface area (Å²) in [6.07, 6.45) is 4.98. The van der Waals surface area contributed by atoms with Crippen molar-refractivity contribution >= 4 is 45.9 Å². The number of likely N-dealkylation sites (N-methyl/N-ethyl adjacent to an activating group) is 2. The largest absolute Gasteiger partial charge is 0.392 e. The molecule has 4 aromatic heterocycles. The molecule has 0 aromatic carbocycles. The molecule has 4 fully saturated rings. The molecule has 2 saturated carbocycles. The molecule has 1 amide bonds. The quantitative estimate of drug-likeness (QED) is 0.0830. The molecule has 52 heavy (non-hydrogen) atoms. The molecule has 0 unspecified atom stereocenters. The van der Waals surface area contributed by atoms with Crippen LogP contribution in [0.25, 0.3) is 22.3 Å². The fraction of sp³-hybridized carbons (Fsp3) is 0.656. The Hall–Kier alpha value is -3.17. The first-order chi connectivity index (χ1) is 24.6. The molecular weight excluding hydrogens is 749 g/mol. The zero-order valence-electron chi connectivity index (χ0n) is 29.3. The van der Waals surface area contributed by atoms with Crippen molar-refractivity contribution in [3.63, 3.8) is 0 Å². The second-order valence-corrected chi connectivity index (χ2v) is 14.2. The topological polar surface area (TPSA) is 240 Å². The number of hydrogen-bond acceptors (Lipinski definition) is 16. The third-order valence-corrected chi connectivity index (χ3v) is 11.1. The number of imidazole rings is 2. The number of fused-ring (bicyclic) bond motifs is 2.